The molecule has 2 aromatic rings. The lowest BCUT2D eigenvalue weighted by atomic mass is 10.1. The van der Waals surface area contributed by atoms with Gasteiger partial charge in [0.05, 0.1) is 0 Å². The number of rotatable bonds is 3. The van der Waals surface area contributed by atoms with Gasteiger partial charge in [-0.3, -0.25) is 0 Å². The van der Waals surface area contributed by atoms with Crippen LogP contribution in [0.4, 0.5) is 0 Å². The van der Waals surface area contributed by atoms with Crippen LogP contribution >= 0.6 is 12.4 Å². The molecule has 108 valence electrons. The fourth-order valence-electron chi connectivity index (χ4n) is 2.13. The van der Waals surface area contributed by atoms with Crippen molar-refractivity contribution in [3.05, 3.63) is 60.7 Å². The number of nitrogens with zero attached hydrogens (tertiary/aromatic N) is 1. The van der Waals surface area contributed by atoms with Gasteiger partial charge in [0.15, 0.2) is 0 Å². The number of hydroxylamine groups is 1. The van der Waals surface area contributed by atoms with Gasteiger partial charge in [-0.05, 0) is 31.1 Å². The fourth-order valence-corrected chi connectivity index (χ4v) is 5.03. The molecule has 0 atom stereocenters. The molecule has 0 heterocycles. The molecule has 0 unspecified atom stereocenters. The van der Waals surface area contributed by atoms with E-state index in [9.17, 15) is 5.21 Å². The number of halogens is 1. The minimum atomic E-state index is -1.78. The van der Waals surface area contributed by atoms with E-state index in [0.29, 0.717) is 0 Å². The molecule has 20 heavy (non-hydrogen) atoms. The van der Waals surface area contributed by atoms with E-state index >= 15 is 0 Å². The van der Waals surface area contributed by atoms with Crippen molar-refractivity contribution in [2.45, 2.75) is 26.3 Å². The van der Waals surface area contributed by atoms with Gasteiger partial charge in [-0.2, -0.15) is 0 Å². The lowest BCUT2D eigenvalue weighted by molar-refractivity contribution is -0.0731. The van der Waals surface area contributed by atoms with E-state index in [2.05, 4.69) is 24.3 Å². The zero-order chi connectivity index (χ0) is 13.9. The van der Waals surface area contributed by atoms with Gasteiger partial charge < -0.3 is 5.21 Å². The van der Waals surface area contributed by atoms with E-state index in [0.717, 1.165) is 0 Å². The average Bonchev–Trinajstić information content (AvgIpc) is 2.40. The molecule has 0 aromatic heterocycles. The smallest absolute Gasteiger partial charge is 0.206 e. The van der Waals surface area contributed by atoms with Crippen molar-refractivity contribution in [2.24, 2.45) is 0 Å². The van der Waals surface area contributed by atoms with Crippen LogP contribution in [0.2, 0.25) is 0 Å². The summed E-state index contributed by atoms with van der Waals surface area (Å²) in [5.41, 5.74) is -0.261. The number of hydrogen-bond acceptors (Lipinski definition) is 2. The molecule has 0 amide bonds. The first kappa shape index (κ1) is 16.9. The van der Waals surface area contributed by atoms with Crippen molar-refractivity contribution in [3.63, 3.8) is 0 Å². The Bertz CT molecular complexity index is 474. The Morgan fingerprint density at radius 3 is 1.45 bits per heavy atom. The van der Waals surface area contributed by atoms with Crippen LogP contribution in [-0.2, 0) is 0 Å². The lowest BCUT2D eigenvalue weighted by Crippen LogP contribution is -2.61. The Labute approximate surface area is 129 Å². The van der Waals surface area contributed by atoms with Crippen LogP contribution in [0.3, 0.4) is 0 Å². The van der Waals surface area contributed by atoms with Gasteiger partial charge in [0, 0.05) is 5.54 Å². The maximum atomic E-state index is 10.6. The van der Waals surface area contributed by atoms with E-state index in [1.165, 1.54) is 10.4 Å². The zero-order valence-electron chi connectivity index (χ0n) is 12.2. The van der Waals surface area contributed by atoms with E-state index in [-0.39, 0.29) is 17.9 Å². The second kappa shape index (κ2) is 7.04. The maximum absolute atomic E-state index is 10.6. The van der Waals surface area contributed by atoms with Crippen LogP contribution in [-0.4, -0.2) is 24.4 Å². The van der Waals surface area contributed by atoms with Gasteiger partial charge in [-0.1, -0.05) is 60.7 Å². The highest BCUT2D eigenvalue weighted by Crippen LogP contribution is 2.12. The monoisotopic (exact) mass is 307 g/mol. The molecular weight excluding hydrogens is 286 g/mol. The Morgan fingerprint density at radius 1 is 0.800 bits per heavy atom. The highest BCUT2D eigenvalue weighted by atomic mass is 35.5. The van der Waals surface area contributed by atoms with E-state index in [1.54, 1.807) is 4.73 Å². The fraction of sp³-hybridized carbons (Fsp3) is 0.250. The van der Waals surface area contributed by atoms with Crippen molar-refractivity contribution < 1.29 is 5.21 Å². The van der Waals surface area contributed by atoms with Crippen molar-refractivity contribution in [1.82, 2.24) is 4.73 Å². The van der Waals surface area contributed by atoms with Crippen molar-refractivity contribution in [1.29, 1.82) is 0 Å². The van der Waals surface area contributed by atoms with Crippen LogP contribution in [0, 0.1) is 0 Å². The molecule has 0 radical (unpaired) electrons. The van der Waals surface area contributed by atoms with Gasteiger partial charge >= 0.3 is 0 Å². The molecule has 0 aliphatic carbocycles. The predicted octanol–water partition coefficient (Wildman–Crippen LogP) is 2.44. The summed E-state index contributed by atoms with van der Waals surface area (Å²) in [6, 6.07) is 20.6. The summed E-state index contributed by atoms with van der Waals surface area (Å²) >= 11 is 0. The molecule has 0 saturated carbocycles. The molecule has 0 spiro atoms. The molecule has 0 aliphatic rings. The molecule has 2 aromatic carbocycles. The minimum Gasteiger partial charge on any atom is -0.320 e. The third kappa shape index (κ3) is 3.93. The molecule has 4 heteroatoms. The van der Waals surface area contributed by atoms with Gasteiger partial charge in [-0.15, -0.1) is 12.4 Å². The largest absolute Gasteiger partial charge is 0.320 e. The van der Waals surface area contributed by atoms with Gasteiger partial charge in [0.2, 0.25) is 8.96 Å². The summed E-state index contributed by atoms with van der Waals surface area (Å²) in [5, 5.41) is 13.1. The summed E-state index contributed by atoms with van der Waals surface area (Å²) in [5.74, 6) is 0. The molecule has 0 aliphatic heterocycles. The first-order valence-electron chi connectivity index (χ1n) is 6.58. The summed E-state index contributed by atoms with van der Waals surface area (Å²) in [4.78, 5) is 0. The van der Waals surface area contributed by atoms with Crippen LogP contribution in [0.25, 0.3) is 0 Å². The summed E-state index contributed by atoms with van der Waals surface area (Å²) in [7, 11) is -1.78. The summed E-state index contributed by atoms with van der Waals surface area (Å²) < 4.78 is 1.57. The van der Waals surface area contributed by atoms with Crippen LogP contribution in [0.1, 0.15) is 20.8 Å². The molecule has 0 fully saturated rings. The van der Waals surface area contributed by atoms with Crippen molar-refractivity contribution in [2.75, 3.05) is 0 Å². The molecule has 1 N–H and O–H groups in total. The molecule has 2 rings (SSSR count). The van der Waals surface area contributed by atoms with Gasteiger partial charge in [-0.25, -0.2) is 4.73 Å². The van der Waals surface area contributed by atoms with Crippen LogP contribution in [0.15, 0.2) is 60.7 Å². The average molecular weight is 308 g/mol. The van der Waals surface area contributed by atoms with E-state index < -0.39 is 8.96 Å². The maximum Gasteiger partial charge on any atom is 0.206 e. The third-order valence-electron chi connectivity index (χ3n) is 3.16. The Balaban J connectivity index is 0.00000200. The highest BCUT2D eigenvalue weighted by Gasteiger charge is 2.31. The molecular formula is C16H22ClNOSi. The molecule has 0 bridgehead atoms. The van der Waals surface area contributed by atoms with E-state index in [4.69, 9.17) is 0 Å². The Kier molecular flexibility index (Phi) is 5.96. The summed E-state index contributed by atoms with van der Waals surface area (Å²) in [6.45, 7) is 6.12. The predicted molar refractivity (Wildman–Crippen MR) is 89.9 cm³/mol. The van der Waals surface area contributed by atoms with E-state index in [1.807, 2.05) is 57.2 Å². The summed E-state index contributed by atoms with van der Waals surface area (Å²) in [6.07, 6.45) is 0. The number of benzene rings is 2. The second-order valence-corrected chi connectivity index (χ2v) is 8.37. The zero-order valence-corrected chi connectivity index (χ0v) is 14.1. The first-order chi connectivity index (χ1) is 9.00. The SMILES string of the molecule is CC(C)(C)N(O)[SiH](c1ccccc1)c1ccccc1.Cl. The van der Waals surface area contributed by atoms with Crippen LogP contribution < -0.4 is 10.4 Å². The lowest BCUT2D eigenvalue weighted by Gasteiger charge is -2.36. The standard InChI is InChI=1S/C16H21NOSi.ClH/c1-16(2,3)17(18)19(14-10-6-4-7-11-14)15-12-8-5-9-13-15;/h4-13,18-19H,1-3H3;1H. The number of hydrogen-bond donors (Lipinski definition) is 1. The van der Waals surface area contributed by atoms with Gasteiger partial charge in [0.25, 0.3) is 0 Å². The Morgan fingerprint density at radius 2 is 1.15 bits per heavy atom. The molecule has 0 saturated heterocycles. The third-order valence-corrected chi connectivity index (χ3v) is 6.46. The van der Waals surface area contributed by atoms with Gasteiger partial charge in [0.1, 0.15) is 0 Å². The van der Waals surface area contributed by atoms with Crippen molar-refractivity contribution >= 4 is 31.7 Å². The molecule has 2 nitrogen and oxygen atoms in total. The quantitative estimate of drug-likeness (QED) is 0.695. The minimum absolute atomic E-state index is 0. The highest BCUT2D eigenvalue weighted by molar-refractivity contribution is 6.82. The topological polar surface area (TPSA) is 23.5 Å². The Hall–Kier alpha value is -1.13. The normalized spacial score (nSPS) is 11.5. The van der Waals surface area contributed by atoms with Crippen LogP contribution in [0.5, 0.6) is 0 Å². The van der Waals surface area contributed by atoms with Crippen molar-refractivity contribution in [3.8, 4) is 0 Å². The second-order valence-electron chi connectivity index (χ2n) is 5.74. The first-order valence-corrected chi connectivity index (χ1v) is 8.25.